The lowest BCUT2D eigenvalue weighted by molar-refractivity contribution is 0.146. The molecule has 108 valence electrons. The highest BCUT2D eigenvalue weighted by atomic mass is 15.1. The quantitative estimate of drug-likeness (QED) is 0.780. The molecule has 0 spiro atoms. The van der Waals surface area contributed by atoms with Crippen molar-refractivity contribution in [2.45, 2.75) is 65.8 Å². The number of likely N-dealkylation sites (tertiary alicyclic amines) is 1. The Morgan fingerprint density at radius 2 is 2.06 bits per heavy atom. The van der Waals surface area contributed by atoms with E-state index in [4.69, 9.17) is 0 Å². The van der Waals surface area contributed by atoms with Crippen molar-refractivity contribution in [2.75, 3.05) is 26.2 Å². The fraction of sp³-hybridized carbons (Fsp3) is 1.00. The van der Waals surface area contributed by atoms with Crippen LogP contribution in [-0.2, 0) is 0 Å². The summed E-state index contributed by atoms with van der Waals surface area (Å²) >= 11 is 0. The molecular weight excluding hydrogens is 220 g/mol. The Hall–Kier alpha value is -0.0800. The molecule has 0 bridgehead atoms. The molecule has 1 heterocycles. The molecule has 0 radical (unpaired) electrons. The third kappa shape index (κ3) is 6.75. The molecule has 0 aromatic heterocycles. The minimum atomic E-state index is 0.262. The first kappa shape index (κ1) is 16.0. The molecule has 1 aliphatic heterocycles. The van der Waals surface area contributed by atoms with Crippen LogP contribution < -0.4 is 5.32 Å². The molecule has 1 rings (SSSR count). The Kier molecular flexibility index (Phi) is 6.65. The predicted molar refractivity (Wildman–Crippen MR) is 81.0 cm³/mol. The van der Waals surface area contributed by atoms with E-state index in [1.807, 2.05) is 0 Å². The summed E-state index contributed by atoms with van der Waals surface area (Å²) in [5.41, 5.74) is 0.262. The van der Waals surface area contributed by atoms with E-state index in [1.165, 1.54) is 51.9 Å². The topological polar surface area (TPSA) is 15.3 Å². The molecule has 1 aliphatic rings. The molecule has 0 aliphatic carbocycles. The van der Waals surface area contributed by atoms with Crippen molar-refractivity contribution < 1.29 is 0 Å². The molecule has 1 saturated heterocycles. The van der Waals surface area contributed by atoms with Gasteiger partial charge in [-0.1, -0.05) is 20.3 Å². The summed E-state index contributed by atoms with van der Waals surface area (Å²) in [6.45, 7) is 16.6. The maximum Gasteiger partial charge on any atom is 0.00966 e. The molecule has 2 unspecified atom stereocenters. The van der Waals surface area contributed by atoms with Crippen molar-refractivity contribution in [2.24, 2.45) is 11.8 Å². The fourth-order valence-corrected chi connectivity index (χ4v) is 2.96. The van der Waals surface area contributed by atoms with Gasteiger partial charge < -0.3 is 10.2 Å². The van der Waals surface area contributed by atoms with Crippen LogP contribution in [0.15, 0.2) is 0 Å². The zero-order valence-corrected chi connectivity index (χ0v) is 13.3. The van der Waals surface area contributed by atoms with Crippen LogP contribution in [0.25, 0.3) is 0 Å². The third-order valence-electron chi connectivity index (χ3n) is 3.88. The highest BCUT2D eigenvalue weighted by Crippen LogP contribution is 2.19. The van der Waals surface area contributed by atoms with Crippen molar-refractivity contribution in [3.63, 3.8) is 0 Å². The van der Waals surface area contributed by atoms with Gasteiger partial charge in [0, 0.05) is 18.6 Å². The summed E-state index contributed by atoms with van der Waals surface area (Å²) in [6.07, 6.45) is 5.49. The van der Waals surface area contributed by atoms with Crippen LogP contribution in [0.1, 0.15) is 60.3 Å². The van der Waals surface area contributed by atoms with E-state index in [2.05, 4.69) is 44.8 Å². The SMILES string of the molecule is CCCC(C)CN1CCCC(CNC(C)(C)C)C1. The predicted octanol–water partition coefficient (Wildman–Crippen LogP) is 3.52. The van der Waals surface area contributed by atoms with Crippen molar-refractivity contribution in [3.05, 3.63) is 0 Å². The van der Waals surface area contributed by atoms with E-state index in [1.54, 1.807) is 0 Å². The minimum Gasteiger partial charge on any atom is -0.312 e. The molecule has 2 heteroatoms. The molecule has 2 atom stereocenters. The normalized spacial score (nSPS) is 24.2. The highest BCUT2D eigenvalue weighted by Gasteiger charge is 2.22. The van der Waals surface area contributed by atoms with Gasteiger partial charge in [0.2, 0.25) is 0 Å². The van der Waals surface area contributed by atoms with Crippen molar-refractivity contribution >= 4 is 0 Å². The van der Waals surface area contributed by atoms with Gasteiger partial charge in [-0.05, 0) is 65.0 Å². The zero-order valence-electron chi connectivity index (χ0n) is 13.3. The van der Waals surface area contributed by atoms with Crippen LogP contribution in [0.5, 0.6) is 0 Å². The lowest BCUT2D eigenvalue weighted by Gasteiger charge is -2.35. The Morgan fingerprint density at radius 3 is 2.67 bits per heavy atom. The number of rotatable bonds is 6. The first-order valence-corrected chi connectivity index (χ1v) is 7.88. The van der Waals surface area contributed by atoms with E-state index in [0.717, 1.165) is 11.8 Å². The summed E-state index contributed by atoms with van der Waals surface area (Å²) in [7, 11) is 0. The smallest absolute Gasteiger partial charge is 0.00966 e. The average Bonchev–Trinajstić information content (AvgIpc) is 2.26. The van der Waals surface area contributed by atoms with Crippen LogP contribution in [0.4, 0.5) is 0 Å². The van der Waals surface area contributed by atoms with E-state index >= 15 is 0 Å². The van der Waals surface area contributed by atoms with Gasteiger partial charge in [-0.15, -0.1) is 0 Å². The lowest BCUT2D eigenvalue weighted by atomic mass is 9.95. The fourth-order valence-electron chi connectivity index (χ4n) is 2.96. The first-order chi connectivity index (χ1) is 8.40. The van der Waals surface area contributed by atoms with Crippen LogP contribution in [0.3, 0.4) is 0 Å². The van der Waals surface area contributed by atoms with Gasteiger partial charge in [0.15, 0.2) is 0 Å². The maximum atomic E-state index is 3.66. The number of hydrogen-bond donors (Lipinski definition) is 1. The largest absolute Gasteiger partial charge is 0.312 e. The van der Waals surface area contributed by atoms with E-state index < -0.39 is 0 Å². The maximum absolute atomic E-state index is 3.66. The summed E-state index contributed by atoms with van der Waals surface area (Å²) in [5.74, 6) is 1.72. The molecule has 1 fully saturated rings. The molecule has 2 nitrogen and oxygen atoms in total. The highest BCUT2D eigenvalue weighted by molar-refractivity contribution is 4.79. The van der Waals surface area contributed by atoms with Gasteiger partial charge in [0.25, 0.3) is 0 Å². The van der Waals surface area contributed by atoms with E-state index in [9.17, 15) is 0 Å². The molecule has 0 amide bonds. The Labute approximate surface area is 115 Å². The molecule has 0 aromatic rings. The second-order valence-corrected chi connectivity index (χ2v) is 7.29. The standard InChI is InChI=1S/C16H34N2/c1-6-8-14(2)12-18-10-7-9-15(13-18)11-17-16(3,4)5/h14-15,17H,6-13H2,1-5H3. The lowest BCUT2D eigenvalue weighted by Crippen LogP contribution is -2.45. The summed E-state index contributed by atoms with van der Waals surface area (Å²) in [4.78, 5) is 2.69. The van der Waals surface area contributed by atoms with E-state index in [-0.39, 0.29) is 5.54 Å². The molecule has 18 heavy (non-hydrogen) atoms. The Morgan fingerprint density at radius 1 is 1.33 bits per heavy atom. The summed E-state index contributed by atoms with van der Waals surface area (Å²) < 4.78 is 0. The molecule has 0 aromatic carbocycles. The van der Waals surface area contributed by atoms with Gasteiger partial charge in [-0.25, -0.2) is 0 Å². The van der Waals surface area contributed by atoms with Crippen molar-refractivity contribution in [1.29, 1.82) is 0 Å². The van der Waals surface area contributed by atoms with Crippen LogP contribution in [0.2, 0.25) is 0 Å². The van der Waals surface area contributed by atoms with Crippen molar-refractivity contribution in [1.82, 2.24) is 10.2 Å². The summed E-state index contributed by atoms with van der Waals surface area (Å²) in [5, 5.41) is 3.66. The monoisotopic (exact) mass is 254 g/mol. The molecule has 1 N–H and O–H groups in total. The van der Waals surface area contributed by atoms with E-state index in [0.29, 0.717) is 0 Å². The Balaban J connectivity index is 2.27. The molecular formula is C16H34N2. The Bertz CT molecular complexity index is 220. The second kappa shape index (κ2) is 7.49. The van der Waals surface area contributed by atoms with Gasteiger partial charge in [-0.3, -0.25) is 0 Å². The van der Waals surface area contributed by atoms with Crippen LogP contribution in [-0.4, -0.2) is 36.6 Å². The molecule has 0 saturated carbocycles. The van der Waals surface area contributed by atoms with Crippen molar-refractivity contribution in [3.8, 4) is 0 Å². The van der Waals surface area contributed by atoms with Gasteiger partial charge in [0.05, 0.1) is 0 Å². The number of nitrogens with zero attached hydrogens (tertiary/aromatic N) is 1. The number of hydrogen-bond acceptors (Lipinski definition) is 2. The second-order valence-electron chi connectivity index (χ2n) is 7.29. The van der Waals surface area contributed by atoms with Gasteiger partial charge in [0.1, 0.15) is 0 Å². The third-order valence-corrected chi connectivity index (χ3v) is 3.88. The first-order valence-electron chi connectivity index (χ1n) is 7.88. The number of piperidine rings is 1. The van der Waals surface area contributed by atoms with Gasteiger partial charge >= 0.3 is 0 Å². The average molecular weight is 254 g/mol. The van der Waals surface area contributed by atoms with Gasteiger partial charge in [-0.2, -0.15) is 0 Å². The zero-order chi connectivity index (χ0) is 13.6. The summed E-state index contributed by atoms with van der Waals surface area (Å²) in [6, 6.07) is 0. The van der Waals surface area contributed by atoms with Crippen LogP contribution in [0, 0.1) is 11.8 Å². The number of nitrogens with one attached hydrogen (secondary N) is 1. The minimum absolute atomic E-state index is 0.262. The van der Waals surface area contributed by atoms with Crippen LogP contribution >= 0.6 is 0 Å².